The fraction of sp³-hybridized carbons (Fsp3) is 0.917. The molecule has 1 aliphatic rings. The van der Waals surface area contributed by atoms with Gasteiger partial charge in [0.15, 0.2) is 0 Å². The minimum Gasteiger partial charge on any atom is -0.355 e. The smallest absolute Gasteiger partial charge is 0.223 e. The molecule has 0 spiro atoms. The minimum absolute atomic E-state index is 0.0982. The van der Waals surface area contributed by atoms with E-state index >= 15 is 0 Å². The number of alkyl halides is 1. The first kappa shape index (κ1) is 12.8. The van der Waals surface area contributed by atoms with Crippen molar-refractivity contribution in [1.29, 1.82) is 0 Å². The Morgan fingerprint density at radius 3 is 2.33 bits per heavy atom. The van der Waals surface area contributed by atoms with Crippen LogP contribution in [0.25, 0.3) is 0 Å². The number of hydrogen-bond acceptors (Lipinski definition) is 1. The van der Waals surface area contributed by atoms with Gasteiger partial charge in [-0.15, -0.1) is 11.6 Å². The van der Waals surface area contributed by atoms with Gasteiger partial charge >= 0.3 is 0 Å². The quantitative estimate of drug-likeness (QED) is 0.700. The monoisotopic (exact) mass is 231 g/mol. The molecule has 2 nitrogen and oxygen atoms in total. The minimum atomic E-state index is 0.0982. The summed E-state index contributed by atoms with van der Waals surface area (Å²) < 4.78 is 0. The van der Waals surface area contributed by atoms with Crippen molar-refractivity contribution in [3.05, 3.63) is 0 Å². The second-order valence-electron chi connectivity index (χ2n) is 4.69. The lowest BCUT2D eigenvalue weighted by Crippen LogP contribution is -2.42. The molecule has 1 saturated carbocycles. The van der Waals surface area contributed by atoms with Crippen LogP contribution in [0.3, 0.4) is 0 Å². The van der Waals surface area contributed by atoms with E-state index < -0.39 is 0 Å². The predicted molar refractivity (Wildman–Crippen MR) is 64.1 cm³/mol. The second kappa shape index (κ2) is 5.74. The summed E-state index contributed by atoms with van der Waals surface area (Å²) in [6.07, 6.45) is 5.39. The van der Waals surface area contributed by atoms with Gasteiger partial charge in [0.05, 0.1) is 0 Å². The van der Waals surface area contributed by atoms with Gasteiger partial charge < -0.3 is 5.32 Å². The average Bonchev–Trinajstić information content (AvgIpc) is 2.18. The summed E-state index contributed by atoms with van der Waals surface area (Å²) in [5.41, 5.74) is 0.0982. The van der Waals surface area contributed by atoms with E-state index in [2.05, 4.69) is 19.2 Å². The largest absolute Gasteiger partial charge is 0.355 e. The third-order valence-electron chi connectivity index (χ3n) is 3.90. The van der Waals surface area contributed by atoms with Crippen LogP contribution < -0.4 is 5.32 Å². The molecule has 0 aromatic rings. The maximum Gasteiger partial charge on any atom is 0.223 e. The molecule has 0 aliphatic heterocycles. The normalized spacial score (nSPS) is 17.3. The van der Waals surface area contributed by atoms with E-state index in [0.717, 1.165) is 32.2 Å². The standard InChI is InChI=1S/C12H22ClNO/c1-3-12(4-2,8-13)9-14-11(15)10-6-5-7-10/h10H,3-9H2,1-2H3,(H,14,15). The van der Waals surface area contributed by atoms with Gasteiger partial charge in [0.25, 0.3) is 0 Å². The van der Waals surface area contributed by atoms with Crippen molar-refractivity contribution in [2.24, 2.45) is 11.3 Å². The third kappa shape index (κ3) is 3.10. The van der Waals surface area contributed by atoms with Crippen LogP contribution in [-0.2, 0) is 4.79 Å². The maximum absolute atomic E-state index is 11.7. The molecule has 1 amide bonds. The average molecular weight is 232 g/mol. The first-order valence-corrected chi connectivity index (χ1v) is 6.54. The molecule has 0 heterocycles. The molecule has 0 saturated heterocycles. The van der Waals surface area contributed by atoms with Crippen molar-refractivity contribution in [1.82, 2.24) is 5.32 Å². The van der Waals surface area contributed by atoms with Crippen LogP contribution in [0, 0.1) is 11.3 Å². The van der Waals surface area contributed by atoms with E-state index in [4.69, 9.17) is 11.6 Å². The molecule has 1 fully saturated rings. The van der Waals surface area contributed by atoms with Gasteiger partial charge in [-0.2, -0.15) is 0 Å². The maximum atomic E-state index is 11.7. The van der Waals surface area contributed by atoms with Crippen molar-refractivity contribution < 1.29 is 4.79 Å². The molecule has 88 valence electrons. The first-order valence-electron chi connectivity index (χ1n) is 6.01. The zero-order valence-electron chi connectivity index (χ0n) is 9.81. The Morgan fingerprint density at radius 1 is 1.40 bits per heavy atom. The molecule has 0 bridgehead atoms. The Labute approximate surface area is 97.8 Å². The van der Waals surface area contributed by atoms with Gasteiger partial charge in [0.1, 0.15) is 0 Å². The lowest BCUT2D eigenvalue weighted by atomic mass is 9.82. The van der Waals surface area contributed by atoms with Crippen molar-refractivity contribution in [3.8, 4) is 0 Å². The molecule has 3 heteroatoms. The van der Waals surface area contributed by atoms with Crippen molar-refractivity contribution in [3.63, 3.8) is 0 Å². The number of amides is 1. The molecule has 0 aromatic heterocycles. The highest BCUT2D eigenvalue weighted by Crippen LogP contribution is 2.29. The molecule has 15 heavy (non-hydrogen) atoms. The number of carbonyl (C=O) groups is 1. The van der Waals surface area contributed by atoms with E-state index in [1.54, 1.807) is 0 Å². The van der Waals surface area contributed by atoms with Gasteiger partial charge in [-0.3, -0.25) is 4.79 Å². The summed E-state index contributed by atoms with van der Waals surface area (Å²) in [5.74, 6) is 1.15. The van der Waals surface area contributed by atoms with E-state index in [9.17, 15) is 4.79 Å². The van der Waals surface area contributed by atoms with E-state index in [0.29, 0.717) is 5.88 Å². The highest BCUT2D eigenvalue weighted by atomic mass is 35.5. The number of halogens is 1. The van der Waals surface area contributed by atoms with Gasteiger partial charge in [-0.25, -0.2) is 0 Å². The molecule has 0 aromatic carbocycles. The number of carbonyl (C=O) groups excluding carboxylic acids is 1. The predicted octanol–water partition coefficient (Wildman–Crippen LogP) is 2.95. The SMILES string of the molecule is CCC(CC)(CCl)CNC(=O)C1CCC1. The Hall–Kier alpha value is -0.240. The molecular weight excluding hydrogens is 210 g/mol. The van der Waals surface area contributed by atoms with Crippen LogP contribution in [0.2, 0.25) is 0 Å². The van der Waals surface area contributed by atoms with Crippen LogP contribution >= 0.6 is 11.6 Å². The van der Waals surface area contributed by atoms with Crippen LogP contribution in [0.15, 0.2) is 0 Å². The van der Waals surface area contributed by atoms with Crippen LogP contribution in [0.1, 0.15) is 46.0 Å². The van der Waals surface area contributed by atoms with Gasteiger partial charge in [0.2, 0.25) is 5.91 Å². The molecule has 0 atom stereocenters. The highest BCUT2D eigenvalue weighted by Gasteiger charge is 2.29. The van der Waals surface area contributed by atoms with Gasteiger partial charge in [-0.1, -0.05) is 20.3 Å². The zero-order valence-corrected chi connectivity index (χ0v) is 10.6. The van der Waals surface area contributed by atoms with Crippen molar-refractivity contribution in [2.75, 3.05) is 12.4 Å². The Morgan fingerprint density at radius 2 is 2.00 bits per heavy atom. The molecule has 1 aliphatic carbocycles. The molecular formula is C12H22ClNO. The Kier molecular flexibility index (Phi) is 4.91. The lowest BCUT2D eigenvalue weighted by molar-refractivity contribution is -0.127. The van der Waals surface area contributed by atoms with Crippen molar-refractivity contribution >= 4 is 17.5 Å². The third-order valence-corrected chi connectivity index (χ3v) is 4.46. The first-order chi connectivity index (χ1) is 7.17. The second-order valence-corrected chi connectivity index (χ2v) is 4.95. The van der Waals surface area contributed by atoms with Crippen LogP contribution in [0.4, 0.5) is 0 Å². The zero-order chi connectivity index (χ0) is 11.3. The van der Waals surface area contributed by atoms with Crippen LogP contribution in [-0.4, -0.2) is 18.3 Å². The summed E-state index contributed by atoms with van der Waals surface area (Å²) >= 11 is 5.98. The number of rotatable bonds is 6. The summed E-state index contributed by atoms with van der Waals surface area (Å²) in [7, 11) is 0. The van der Waals surface area contributed by atoms with Crippen molar-refractivity contribution in [2.45, 2.75) is 46.0 Å². The molecule has 0 radical (unpaired) electrons. The van der Waals surface area contributed by atoms with Gasteiger partial charge in [0, 0.05) is 23.8 Å². The van der Waals surface area contributed by atoms with E-state index in [1.165, 1.54) is 6.42 Å². The Bertz CT molecular complexity index is 201. The fourth-order valence-electron chi connectivity index (χ4n) is 1.83. The number of hydrogen-bond donors (Lipinski definition) is 1. The van der Waals surface area contributed by atoms with Crippen LogP contribution in [0.5, 0.6) is 0 Å². The van der Waals surface area contributed by atoms with Gasteiger partial charge in [-0.05, 0) is 25.7 Å². The number of nitrogens with one attached hydrogen (secondary N) is 1. The van der Waals surface area contributed by atoms with E-state index in [-0.39, 0.29) is 17.2 Å². The Balaban J connectivity index is 2.35. The summed E-state index contributed by atoms with van der Waals surface area (Å²) in [4.78, 5) is 11.7. The lowest BCUT2D eigenvalue weighted by Gasteiger charge is -2.31. The molecule has 1 N–H and O–H groups in total. The van der Waals surface area contributed by atoms with E-state index in [1.807, 2.05) is 0 Å². The summed E-state index contributed by atoms with van der Waals surface area (Å²) in [6.45, 7) is 5.02. The summed E-state index contributed by atoms with van der Waals surface area (Å²) in [5, 5.41) is 3.05. The molecule has 0 unspecified atom stereocenters. The highest BCUT2D eigenvalue weighted by molar-refractivity contribution is 6.18. The molecule has 1 rings (SSSR count). The fourth-order valence-corrected chi connectivity index (χ4v) is 2.30. The topological polar surface area (TPSA) is 29.1 Å². The summed E-state index contributed by atoms with van der Waals surface area (Å²) in [6, 6.07) is 0.